The highest BCUT2D eigenvalue weighted by Gasteiger charge is 2.20. The first-order valence-corrected chi connectivity index (χ1v) is 9.38. The fourth-order valence-electron chi connectivity index (χ4n) is 2.27. The van der Waals surface area contributed by atoms with Gasteiger partial charge in [-0.2, -0.15) is 0 Å². The smallest absolute Gasteiger partial charge is 0.130 e. The zero-order valence-electron chi connectivity index (χ0n) is 13.2. The third-order valence-corrected chi connectivity index (χ3v) is 6.34. The standard InChI is InChI=1S/C19H24OSi/c1-5-16-11-13-18(14-12-16)21(15-20-19(2,3)4)17-9-7-6-8-10-17/h5-14,21H,1,15H2,2-4H3. The number of ether oxygens (including phenoxy) is 1. The number of hydrogen-bond acceptors (Lipinski definition) is 1. The average molecular weight is 296 g/mol. The Morgan fingerprint density at radius 3 is 2.05 bits per heavy atom. The second-order valence-electron chi connectivity index (χ2n) is 6.26. The second-order valence-corrected chi connectivity index (χ2v) is 9.03. The molecule has 1 nitrogen and oxygen atoms in total. The Balaban J connectivity index is 2.28. The third-order valence-electron chi connectivity index (χ3n) is 3.46. The van der Waals surface area contributed by atoms with Gasteiger partial charge < -0.3 is 4.74 Å². The molecule has 0 saturated heterocycles. The molecule has 0 aliphatic heterocycles. The van der Waals surface area contributed by atoms with Crippen LogP contribution in [0.4, 0.5) is 0 Å². The zero-order chi connectivity index (χ0) is 15.3. The first-order valence-electron chi connectivity index (χ1n) is 7.41. The van der Waals surface area contributed by atoms with Crippen LogP contribution >= 0.6 is 0 Å². The highest BCUT2D eigenvalue weighted by atomic mass is 28.3. The molecule has 2 rings (SSSR count). The van der Waals surface area contributed by atoms with Crippen LogP contribution in [0.2, 0.25) is 0 Å². The number of benzene rings is 2. The maximum Gasteiger partial charge on any atom is 0.130 e. The largest absolute Gasteiger partial charge is 0.379 e. The van der Waals surface area contributed by atoms with E-state index in [4.69, 9.17) is 4.74 Å². The molecule has 0 spiro atoms. The van der Waals surface area contributed by atoms with Gasteiger partial charge in [0, 0.05) is 6.23 Å². The van der Waals surface area contributed by atoms with Crippen LogP contribution in [0, 0.1) is 0 Å². The molecule has 0 aliphatic rings. The monoisotopic (exact) mass is 296 g/mol. The number of rotatable bonds is 5. The Morgan fingerprint density at radius 1 is 0.952 bits per heavy atom. The Labute approximate surface area is 129 Å². The summed E-state index contributed by atoms with van der Waals surface area (Å²) in [6.45, 7) is 10.2. The summed E-state index contributed by atoms with van der Waals surface area (Å²) >= 11 is 0. The normalized spacial score (nSPS) is 12.9. The predicted octanol–water partition coefficient (Wildman–Crippen LogP) is 3.03. The zero-order valence-corrected chi connectivity index (χ0v) is 14.3. The Morgan fingerprint density at radius 2 is 1.52 bits per heavy atom. The van der Waals surface area contributed by atoms with Gasteiger partial charge in [0.25, 0.3) is 0 Å². The summed E-state index contributed by atoms with van der Waals surface area (Å²) in [5, 5.41) is 2.84. The first kappa shape index (κ1) is 15.7. The quantitative estimate of drug-likeness (QED) is 0.771. The van der Waals surface area contributed by atoms with Crippen LogP contribution < -0.4 is 10.4 Å². The minimum Gasteiger partial charge on any atom is -0.379 e. The van der Waals surface area contributed by atoms with Crippen molar-refractivity contribution in [3.63, 3.8) is 0 Å². The third kappa shape index (κ3) is 4.69. The van der Waals surface area contributed by atoms with Crippen LogP contribution in [0.1, 0.15) is 26.3 Å². The van der Waals surface area contributed by atoms with Crippen molar-refractivity contribution in [3.05, 3.63) is 66.7 Å². The van der Waals surface area contributed by atoms with E-state index < -0.39 is 8.80 Å². The summed E-state index contributed by atoms with van der Waals surface area (Å²) in [6.07, 6.45) is 2.70. The number of hydrogen-bond donors (Lipinski definition) is 0. The first-order chi connectivity index (χ1) is 9.99. The van der Waals surface area contributed by atoms with Crippen LogP contribution in [0.25, 0.3) is 6.08 Å². The summed E-state index contributed by atoms with van der Waals surface area (Å²) in [5.74, 6) is 0. The van der Waals surface area contributed by atoms with Gasteiger partial charge in [-0.25, -0.2) is 0 Å². The molecule has 110 valence electrons. The molecule has 0 heterocycles. The topological polar surface area (TPSA) is 9.23 Å². The van der Waals surface area contributed by atoms with Crippen molar-refractivity contribution in [3.8, 4) is 0 Å². The van der Waals surface area contributed by atoms with E-state index >= 15 is 0 Å². The molecule has 2 aromatic rings. The van der Waals surface area contributed by atoms with E-state index in [2.05, 4.69) is 81.9 Å². The van der Waals surface area contributed by atoms with Crippen LogP contribution in [0.5, 0.6) is 0 Å². The summed E-state index contributed by atoms with van der Waals surface area (Å²) < 4.78 is 6.10. The predicted molar refractivity (Wildman–Crippen MR) is 95.1 cm³/mol. The van der Waals surface area contributed by atoms with Gasteiger partial charge in [-0.3, -0.25) is 0 Å². The minimum absolute atomic E-state index is 0.0961. The SMILES string of the molecule is C=Cc1ccc([SiH](COC(C)(C)C)c2ccccc2)cc1. The van der Waals surface area contributed by atoms with Gasteiger partial charge in [-0.1, -0.05) is 77.6 Å². The van der Waals surface area contributed by atoms with Gasteiger partial charge in [0.05, 0.1) is 5.60 Å². The van der Waals surface area contributed by atoms with E-state index in [1.165, 1.54) is 10.4 Å². The molecule has 0 radical (unpaired) electrons. The van der Waals surface area contributed by atoms with Gasteiger partial charge >= 0.3 is 0 Å². The molecule has 0 saturated carbocycles. The highest BCUT2D eigenvalue weighted by molar-refractivity contribution is 6.85. The molecule has 1 atom stereocenters. The summed E-state index contributed by atoms with van der Waals surface area (Å²) in [6, 6.07) is 19.5. The molecule has 0 fully saturated rings. The Kier molecular flexibility index (Phi) is 5.15. The van der Waals surface area contributed by atoms with E-state index in [1.54, 1.807) is 0 Å². The van der Waals surface area contributed by atoms with Crippen LogP contribution in [0.3, 0.4) is 0 Å². The maximum atomic E-state index is 6.10. The van der Waals surface area contributed by atoms with Gasteiger partial charge in [0.2, 0.25) is 0 Å². The maximum absolute atomic E-state index is 6.10. The van der Waals surface area contributed by atoms with Crippen molar-refractivity contribution in [2.24, 2.45) is 0 Å². The molecule has 1 unspecified atom stereocenters. The van der Waals surface area contributed by atoms with Crippen molar-refractivity contribution in [1.29, 1.82) is 0 Å². The van der Waals surface area contributed by atoms with Crippen molar-refractivity contribution in [1.82, 2.24) is 0 Å². The van der Waals surface area contributed by atoms with Gasteiger partial charge in [-0.15, -0.1) is 0 Å². The Bertz CT molecular complexity index is 567. The van der Waals surface area contributed by atoms with Gasteiger partial charge in [-0.05, 0) is 26.3 Å². The molecule has 0 aromatic heterocycles. The van der Waals surface area contributed by atoms with Gasteiger partial charge in [0.1, 0.15) is 8.80 Å². The molecule has 2 heteroatoms. The molecular weight excluding hydrogens is 272 g/mol. The van der Waals surface area contributed by atoms with E-state index in [0.717, 1.165) is 11.8 Å². The molecule has 0 aliphatic carbocycles. The van der Waals surface area contributed by atoms with Crippen LogP contribution in [0.15, 0.2) is 61.2 Å². The second kappa shape index (κ2) is 6.88. The summed E-state index contributed by atoms with van der Waals surface area (Å²) in [7, 11) is -1.34. The van der Waals surface area contributed by atoms with E-state index in [1.807, 2.05) is 6.08 Å². The summed E-state index contributed by atoms with van der Waals surface area (Å²) in [4.78, 5) is 0. The molecule has 0 amide bonds. The van der Waals surface area contributed by atoms with Crippen molar-refractivity contribution < 1.29 is 4.74 Å². The lowest BCUT2D eigenvalue weighted by atomic mass is 10.2. The molecule has 21 heavy (non-hydrogen) atoms. The molecule has 0 bridgehead atoms. The van der Waals surface area contributed by atoms with E-state index in [9.17, 15) is 0 Å². The Hall–Kier alpha value is -1.64. The average Bonchev–Trinajstić information content (AvgIpc) is 2.48. The van der Waals surface area contributed by atoms with Crippen molar-refractivity contribution >= 4 is 25.2 Å². The lowest BCUT2D eigenvalue weighted by Crippen LogP contribution is -2.47. The highest BCUT2D eigenvalue weighted by Crippen LogP contribution is 2.08. The van der Waals surface area contributed by atoms with E-state index in [-0.39, 0.29) is 5.60 Å². The van der Waals surface area contributed by atoms with Crippen molar-refractivity contribution in [2.75, 3.05) is 6.23 Å². The fraction of sp³-hybridized carbons (Fsp3) is 0.263. The molecule has 0 N–H and O–H groups in total. The molecule has 2 aromatic carbocycles. The van der Waals surface area contributed by atoms with Crippen LogP contribution in [-0.4, -0.2) is 20.6 Å². The lowest BCUT2D eigenvalue weighted by molar-refractivity contribution is 0.0243. The fourth-order valence-corrected chi connectivity index (χ4v) is 5.05. The van der Waals surface area contributed by atoms with Gasteiger partial charge in [0.15, 0.2) is 0 Å². The summed E-state index contributed by atoms with van der Waals surface area (Å²) in [5.41, 5.74) is 1.07. The molecular formula is C19H24OSi. The lowest BCUT2D eigenvalue weighted by Gasteiger charge is -2.24. The van der Waals surface area contributed by atoms with Crippen LogP contribution in [-0.2, 0) is 4.74 Å². The van der Waals surface area contributed by atoms with Crippen molar-refractivity contribution in [2.45, 2.75) is 26.4 Å². The van der Waals surface area contributed by atoms with E-state index in [0.29, 0.717) is 0 Å². The minimum atomic E-state index is -1.34.